The summed E-state index contributed by atoms with van der Waals surface area (Å²) in [5.41, 5.74) is 0. The van der Waals surface area contributed by atoms with Crippen molar-refractivity contribution in [2.75, 3.05) is 0 Å². The molecule has 1 heterocycles. The normalized spacial score (nSPS) is 12.8. The Morgan fingerprint density at radius 1 is 0.808 bits per heavy atom. The number of aromatic carboxylic acids is 1. The number of allylic oxidation sites excluding steroid dienone is 9. The first-order valence-electron chi connectivity index (χ1n) is 9.41. The van der Waals surface area contributed by atoms with Crippen LogP contribution in [0.2, 0.25) is 0 Å². The van der Waals surface area contributed by atoms with Gasteiger partial charge in [0.05, 0.1) is 0 Å². The van der Waals surface area contributed by atoms with Crippen LogP contribution in [0, 0.1) is 0 Å². The van der Waals surface area contributed by atoms with E-state index in [1.54, 1.807) is 18.2 Å². The molecule has 0 unspecified atom stereocenters. The summed E-state index contributed by atoms with van der Waals surface area (Å²) in [6.45, 7) is 2.25. The van der Waals surface area contributed by atoms with Crippen molar-refractivity contribution in [2.24, 2.45) is 0 Å². The molecule has 4 nitrogen and oxygen atoms in total. The lowest BCUT2D eigenvalue weighted by Crippen LogP contribution is -2.01. The minimum absolute atomic E-state index is 0.170. The second-order valence-corrected chi connectivity index (χ2v) is 6.02. The Morgan fingerprint density at radius 2 is 1.38 bits per heavy atom. The third-order valence-corrected chi connectivity index (χ3v) is 3.77. The first-order chi connectivity index (χ1) is 12.8. The summed E-state index contributed by atoms with van der Waals surface area (Å²) in [6, 6.07) is 0. The zero-order chi connectivity index (χ0) is 18.9. The van der Waals surface area contributed by atoms with Crippen LogP contribution >= 0.6 is 0 Å². The molecule has 0 aliphatic rings. The van der Waals surface area contributed by atoms with E-state index in [9.17, 15) is 4.79 Å². The molecule has 0 aromatic carbocycles. The molecule has 0 saturated heterocycles. The molecule has 0 aliphatic carbocycles. The molecule has 0 radical (unpaired) electrons. The molecule has 0 spiro atoms. The van der Waals surface area contributed by atoms with Crippen LogP contribution in [-0.4, -0.2) is 11.1 Å². The number of hydrogen-bond donors (Lipinski definition) is 1. The van der Waals surface area contributed by atoms with Crippen LogP contribution in [0.4, 0.5) is 0 Å². The molecule has 1 aromatic heterocycles. The van der Waals surface area contributed by atoms with E-state index in [-0.39, 0.29) is 11.5 Å². The minimum atomic E-state index is -1.13. The molecule has 26 heavy (non-hydrogen) atoms. The molecule has 0 aliphatic heterocycles. The van der Waals surface area contributed by atoms with Gasteiger partial charge in [0.2, 0.25) is 5.76 Å². The van der Waals surface area contributed by atoms with Crippen LogP contribution in [0.3, 0.4) is 0 Å². The van der Waals surface area contributed by atoms with Gasteiger partial charge in [0.1, 0.15) is 0 Å². The third-order valence-electron chi connectivity index (χ3n) is 3.77. The Bertz CT molecular complexity index is 623. The first-order valence-corrected chi connectivity index (χ1v) is 9.41. The van der Waals surface area contributed by atoms with Crippen molar-refractivity contribution < 1.29 is 19.1 Å². The molecule has 4 heteroatoms. The van der Waals surface area contributed by atoms with Crippen molar-refractivity contribution in [1.82, 2.24) is 0 Å². The van der Waals surface area contributed by atoms with Crippen LogP contribution in [-0.2, 0) is 0 Å². The quantitative estimate of drug-likeness (QED) is 0.222. The third kappa shape index (κ3) is 10.4. The maximum atomic E-state index is 10.6. The summed E-state index contributed by atoms with van der Waals surface area (Å²) in [6.07, 6.45) is 29.6. The number of rotatable bonds is 14. The van der Waals surface area contributed by atoms with E-state index < -0.39 is 5.97 Å². The van der Waals surface area contributed by atoms with Crippen molar-refractivity contribution >= 4 is 12.0 Å². The van der Waals surface area contributed by atoms with Crippen molar-refractivity contribution in [3.63, 3.8) is 0 Å². The van der Waals surface area contributed by atoms with E-state index in [0.717, 1.165) is 6.42 Å². The molecular weight excluding hydrogens is 328 g/mol. The maximum absolute atomic E-state index is 10.6. The second-order valence-electron chi connectivity index (χ2n) is 6.02. The highest BCUT2D eigenvalue weighted by molar-refractivity contribution is 5.87. The molecule has 0 fully saturated rings. The fourth-order valence-electron chi connectivity index (χ4n) is 2.30. The Morgan fingerprint density at radius 3 is 1.96 bits per heavy atom. The van der Waals surface area contributed by atoms with Gasteiger partial charge >= 0.3 is 11.7 Å². The summed E-state index contributed by atoms with van der Waals surface area (Å²) in [5.74, 6) is -1.08. The topological polar surface area (TPSA) is 63.6 Å². The number of carbonyl (C=O) groups is 1. The molecule has 0 amide bonds. The lowest BCUT2D eigenvalue weighted by atomic mass is 10.1. The molecule has 1 aromatic rings. The highest BCUT2D eigenvalue weighted by atomic mass is 17.0. The monoisotopic (exact) mass is 358 g/mol. The first kappa shape index (κ1) is 21.6. The largest absolute Gasteiger partial charge is 0.475 e. The molecule has 0 saturated carbocycles. The number of hydrogen-bond acceptors (Lipinski definition) is 3. The van der Waals surface area contributed by atoms with Gasteiger partial charge in [0, 0.05) is 0 Å². The minimum Gasteiger partial charge on any atom is -0.475 e. The van der Waals surface area contributed by atoms with Crippen molar-refractivity contribution in [2.45, 2.75) is 58.3 Å². The van der Waals surface area contributed by atoms with Gasteiger partial charge < -0.3 is 5.11 Å². The summed E-state index contributed by atoms with van der Waals surface area (Å²) in [5, 5.41) is 8.71. The van der Waals surface area contributed by atoms with Gasteiger partial charge in [0.15, 0.2) is 0 Å². The average Bonchev–Trinajstić information content (AvgIpc) is 2.59. The Kier molecular flexibility index (Phi) is 12.3. The second kappa shape index (κ2) is 14.8. The van der Waals surface area contributed by atoms with Crippen molar-refractivity contribution in [3.8, 4) is 0 Å². The predicted octanol–water partition coefficient (Wildman–Crippen LogP) is 6.95. The van der Waals surface area contributed by atoms with E-state index in [4.69, 9.17) is 5.11 Å². The summed E-state index contributed by atoms with van der Waals surface area (Å²) in [7, 11) is 0. The molecular formula is C22H30O4. The Hall–Kier alpha value is -2.49. The van der Waals surface area contributed by atoms with Gasteiger partial charge in [-0.05, 0) is 18.9 Å². The lowest BCUT2D eigenvalue weighted by Gasteiger charge is -1.98. The van der Waals surface area contributed by atoms with Crippen LogP contribution in [0.1, 0.15) is 74.6 Å². The zero-order valence-electron chi connectivity index (χ0n) is 15.6. The SMILES string of the molecule is CCCCCCCCC/C=C/C=C/C=C/C=C/C=C/c1ooc1C(=O)O. The number of unbranched alkanes of at least 4 members (excludes halogenated alkanes) is 7. The highest BCUT2D eigenvalue weighted by Gasteiger charge is 2.19. The van der Waals surface area contributed by atoms with Gasteiger partial charge in [-0.15, -0.1) is 0 Å². The van der Waals surface area contributed by atoms with Gasteiger partial charge in [-0.25, -0.2) is 4.79 Å². The van der Waals surface area contributed by atoms with E-state index >= 15 is 0 Å². The van der Waals surface area contributed by atoms with Gasteiger partial charge in [0.25, 0.3) is 0 Å². The summed E-state index contributed by atoms with van der Waals surface area (Å²) in [4.78, 5) is 10.6. The van der Waals surface area contributed by atoms with Gasteiger partial charge in [-0.1, -0.05) is 100 Å². The fraction of sp³-hybridized carbons (Fsp3) is 0.409. The lowest BCUT2D eigenvalue weighted by molar-refractivity contribution is -0.0237. The molecule has 1 N–H and O–H groups in total. The van der Waals surface area contributed by atoms with Crippen LogP contribution in [0.15, 0.2) is 63.8 Å². The Labute approximate surface area is 156 Å². The van der Waals surface area contributed by atoms with E-state index in [0.29, 0.717) is 0 Å². The van der Waals surface area contributed by atoms with E-state index in [1.165, 1.54) is 44.9 Å². The van der Waals surface area contributed by atoms with Crippen LogP contribution < -0.4 is 0 Å². The summed E-state index contributed by atoms with van der Waals surface area (Å²) < 4.78 is 8.94. The zero-order valence-corrected chi connectivity index (χ0v) is 15.6. The average molecular weight is 358 g/mol. The molecule has 0 atom stereocenters. The van der Waals surface area contributed by atoms with Crippen LogP contribution in [0.25, 0.3) is 6.08 Å². The maximum Gasteiger partial charge on any atom is 0.380 e. The highest BCUT2D eigenvalue weighted by Crippen LogP contribution is 2.15. The summed E-state index contributed by atoms with van der Waals surface area (Å²) >= 11 is 0. The van der Waals surface area contributed by atoms with E-state index in [1.807, 2.05) is 30.4 Å². The smallest absolute Gasteiger partial charge is 0.380 e. The van der Waals surface area contributed by atoms with Crippen molar-refractivity contribution in [3.05, 3.63) is 66.2 Å². The standard InChI is InChI=1S/C22H30O4/c1-2-3-4-5-6-7-8-9-10-11-12-13-14-15-16-17-18-19-20-21(22(23)24)26-25-20/h10-19H,2-9H2,1H3,(H,23,24)/b11-10+,13-12+,15-14+,17-16+,19-18+. The van der Waals surface area contributed by atoms with Gasteiger partial charge in [-0.3, -0.25) is 9.15 Å². The fourth-order valence-corrected chi connectivity index (χ4v) is 2.30. The van der Waals surface area contributed by atoms with Crippen molar-refractivity contribution in [1.29, 1.82) is 0 Å². The molecule has 0 bridgehead atoms. The number of carboxylic acid groups (broad SMARTS) is 1. The van der Waals surface area contributed by atoms with Gasteiger partial charge in [-0.2, -0.15) is 0 Å². The number of carboxylic acids is 1. The molecule has 142 valence electrons. The Balaban J connectivity index is 2.05. The van der Waals surface area contributed by atoms with Crippen LogP contribution in [0.5, 0.6) is 0 Å². The predicted molar refractivity (Wildman–Crippen MR) is 106 cm³/mol. The molecule has 1 rings (SSSR count). The van der Waals surface area contributed by atoms with E-state index in [2.05, 4.69) is 28.2 Å².